The third kappa shape index (κ3) is 2.43. The monoisotopic (exact) mass is 306 g/mol. The minimum Gasteiger partial charge on any atom is -0.396 e. The summed E-state index contributed by atoms with van der Waals surface area (Å²) in [6.07, 6.45) is 2.25. The highest BCUT2D eigenvalue weighted by atomic mass is 19.1. The maximum absolute atomic E-state index is 13.8. The average Bonchev–Trinajstić information content (AvgIpc) is 3.10. The number of hydrogen-bond acceptors (Lipinski definition) is 3. The van der Waals surface area contributed by atoms with Crippen LogP contribution in [-0.2, 0) is 0 Å². The Morgan fingerprint density at radius 1 is 1.41 bits per heavy atom. The molecule has 0 bridgehead atoms. The SMILES string of the molecule is Cc1cc(C(=O)N2CCC(c3[nH]ncc3N)C2)c(F)cc1F. The standard InChI is InChI=1S/C15H16F2N4O/c1-8-4-10(12(17)5-11(8)16)15(22)21-3-2-9(7-21)14-13(18)6-19-20-14/h4-6,9H,2-3,7,18H2,1H3,(H,19,20). The van der Waals surface area contributed by atoms with Crippen LogP contribution in [0, 0.1) is 18.6 Å². The molecule has 0 saturated carbocycles. The zero-order valence-electron chi connectivity index (χ0n) is 12.1. The van der Waals surface area contributed by atoms with Crippen LogP contribution < -0.4 is 5.73 Å². The van der Waals surface area contributed by atoms with Gasteiger partial charge in [0.25, 0.3) is 5.91 Å². The van der Waals surface area contributed by atoms with E-state index in [1.807, 2.05) is 0 Å². The maximum Gasteiger partial charge on any atom is 0.256 e. The molecule has 1 saturated heterocycles. The fourth-order valence-corrected chi connectivity index (χ4v) is 2.80. The first-order valence-electron chi connectivity index (χ1n) is 7.01. The van der Waals surface area contributed by atoms with Crippen LogP contribution in [-0.4, -0.2) is 34.1 Å². The molecule has 0 spiro atoms. The lowest BCUT2D eigenvalue weighted by atomic mass is 10.0. The van der Waals surface area contributed by atoms with E-state index in [2.05, 4.69) is 10.2 Å². The van der Waals surface area contributed by atoms with E-state index in [0.29, 0.717) is 18.8 Å². The second-order valence-corrected chi connectivity index (χ2v) is 5.56. The van der Waals surface area contributed by atoms with Crippen LogP contribution in [0.25, 0.3) is 0 Å². The lowest BCUT2D eigenvalue weighted by Crippen LogP contribution is -2.29. The van der Waals surface area contributed by atoms with E-state index in [-0.39, 0.29) is 17.0 Å². The lowest BCUT2D eigenvalue weighted by Gasteiger charge is -2.17. The summed E-state index contributed by atoms with van der Waals surface area (Å²) in [7, 11) is 0. The van der Waals surface area contributed by atoms with E-state index in [1.165, 1.54) is 19.2 Å². The number of nitrogen functional groups attached to an aromatic ring is 1. The molecule has 0 aliphatic carbocycles. The van der Waals surface area contributed by atoms with E-state index in [4.69, 9.17) is 5.73 Å². The quantitative estimate of drug-likeness (QED) is 0.893. The van der Waals surface area contributed by atoms with E-state index in [9.17, 15) is 13.6 Å². The zero-order chi connectivity index (χ0) is 15.9. The molecule has 22 heavy (non-hydrogen) atoms. The summed E-state index contributed by atoms with van der Waals surface area (Å²) in [6.45, 7) is 2.43. The number of aryl methyl sites for hydroxylation is 1. The summed E-state index contributed by atoms with van der Waals surface area (Å²) in [5, 5.41) is 6.71. The predicted molar refractivity (Wildman–Crippen MR) is 77.4 cm³/mol. The van der Waals surface area contributed by atoms with Crippen molar-refractivity contribution in [2.75, 3.05) is 18.8 Å². The van der Waals surface area contributed by atoms with Gasteiger partial charge in [0.05, 0.1) is 23.1 Å². The highest BCUT2D eigenvalue weighted by Gasteiger charge is 2.31. The molecule has 1 amide bonds. The van der Waals surface area contributed by atoms with Crippen molar-refractivity contribution in [3.8, 4) is 0 Å². The van der Waals surface area contributed by atoms with E-state index >= 15 is 0 Å². The Balaban J connectivity index is 1.80. The highest BCUT2D eigenvalue weighted by Crippen LogP contribution is 2.30. The Kier molecular flexibility index (Phi) is 3.56. The van der Waals surface area contributed by atoms with Gasteiger partial charge in [0.15, 0.2) is 0 Å². The highest BCUT2D eigenvalue weighted by molar-refractivity contribution is 5.95. The first-order chi connectivity index (χ1) is 10.5. The van der Waals surface area contributed by atoms with Gasteiger partial charge in [0, 0.05) is 25.1 Å². The molecule has 1 aliphatic rings. The number of H-pyrrole nitrogens is 1. The predicted octanol–water partition coefficient (Wildman–Crippen LogP) is 2.21. The molecule has 1 atom stereocenters. The van der Waals surface area contributed by atoms with Crippen LogP contribution in [0.3, 0.4) is 0 Å². The first-order valence-corrected chi connectivity index (χ1v) is 7.01. The van der Waals surface area contributed by atoms with Crippen molar-refractivity contribution in [3.05, 3.63) is 46.8 Å². The minimum absolute atomic E-state index is 0.0519. The van der Waals surface area contributed by atoms with Crippen molar-refractivity contribution in [1.29, 1.82) is 0 Å². The molecule has 1 unspecified atom stereocenters. The van der Waals surface area contributed by atoms with Gasteiger partial charge in [0.1, 0.15) is 11.6 Å². The largest absolute Gasteiger partial charge is 0.396 e. The molecule has 2 aromatic rings. The van der Waals surface area contributed by atoms with Gasteiger partial charge in [-0.2, -0.15) is 5.10 Å². The number of amides is 1. The molecular weight excluding hydrogens is 290 g/mol. The first kappa shape index (κ1) is 14.5. The summed E-state index contributed by atoms with van der Waals surface area (Å²) in [4.78, 5) is 14.0. The second kappa shape index (κ2) is 5.40. The molecule has 1 aromatic heterocycles. The van der Waals surface area contributed by atoms with Gasteiger partial charge in [-0.25, -0.2) is 8.78 Å². The van der Waals surface area contributed by atoms with E-state index < -0.39 is 17.5 Å². The fourth-order valence-electron chi connectivity index (χ4n) is 2.80. The molecule has 3 N–H and O–H groups in total. The summed E-state index contributed by atoms with van der Waals surface area (Å²) >= 11 is 0. The number of benzene rings is 1. The van der Waals surface area contributed by atoms with Crippen LogP contribution >= 0.6 is 0 Å². The maximum atomic E-state index is 13.8. The van der Waals surface area contributed by atoms with Crippen LogP contribution in [0.5, 0.6) is 0 Å². The Labute approximate surface area is 126 Å². The third-order valence-corrected chi connectivity index (χ3v) is 4.06. The number of likely N-dealkylation sites (tertiary alicyclic amines) is 1. The number of aromatic nitrogens is 2. The Hall–Kier alpha value is -2.44. The molecular formula is C15H16F2N4O. The van der Waals surface area contributed by atoms with Crippen LogP contribution in [0.2, 0.25) is 0 Å². The Bertz CT molecular complexity index is 728. The summed E-state index contributed by atoms with van der Waals surface area (Å²) in [5.74, 6) is -1.87. The molecule has 1 aliphatic heterocycles. The number of nitrogens with two attached hydrogens (primary N) is 1. The van der Waals surface area contributed by atoms with Gasteiger partial charge in [0.2, 0.25) is 0 Å². The number of aromatic amines is 1. The smallest absolute Gasteiger partial charge is 0.256 e. The fraction of sp³-hybridized carbons (Fsp3) is 0.333. The number of carbonyl (C=O) groups is 1. The van der Waals surface area contributed by atoms with Crippen molar-refractivity contribution >= 4 is 11.6 Å². The van der Waals surface area contributed by atoms with Crippen LogP contribution in [0.1, 0.15) is 34.0 Å². The molecule has 0 radical (unpaired) electrons. The van der Waals surface area contributed by atoms with Gasteiger partial charge in [-0.3, -0.25) is 9.89 Å². The Morgan fingerprint density at radius 2 is 2.18 bits per heavy atom. The number of hydrogen-bond donors (Lipinski definition) is 2. The molecule has 1 aromatic carbocycles. The number of halogens is 2. The van der Waals surface area contributed by atoms with Crippen molar-refractivity contribution in [2.45, 2.75) is 19.3 Å². The second-order valence-electron chi connectivity index (χ2n) is 5.56. The van der Waals surface area contributed by atoms with Crippen molar-refractivity contribution in [2.24, 2.45) is 0 Å². The minimum atomic E-state index is -0.836. The lowest BCUT2D eigenvalue weighted by molar-refractivity contribution is 0.0786. The van der Waals surface area contributed by atoms with Gasteiger partial charge in [-0.15, -0.1) is 0 Å². The molecule has 2 heterocycles. The molecule has 3 rings (SSSR count). The van der Waals surface area contributed by atoms with Crippen LogP contribution in [0.15, 0.2) is 18.3 Å². The summed E-state index contributed by atoms with van der Waals surface area (Å²) < 4.78 is 27.1. The topological polar surface area (TPSA) is 75.0 Å². The normalized spacial score (nSPS) is 18.0. The average molecular weight is 306 g/mol. The van der Waals surface area contributed by atoms with Gasteiger partial charge >= 0.3 is 0 Å². The van der Waals surface area contributed by atoms with E-state index in [1.54, 1.807) is 4.90 Å². The number of rotatable bonds is 2. The zero-order valence-corrected chi connectivity index (χ0v) is 12.1. The molecule has 116 valence electrons. The molecule has 7 heteroatoms. The molecule has 1 fully saturated rings. The van der Waals surface area contributed by atoms with Gasteiger partial charge in [-0.05, 0) is 25.0 Å². The van der Waals surface area contributed by atoms with E-state index in [0.717, 1.165) is 18.2 Å². The Morgan fingerprint density at radius 3 is 2.86 bits per heavy atom. The van der Waals surface area contributed by atoms with Gasteiger partial charge in [-0.1, -0.05) is 0 Å². The number of carbonyl (C=O) groups excluding carboxylic acids is 1. The number of nitrogens with one attached hydrogen (secondary N) is 1. The number of nitrogens with zero attached hydrogens (tertiary/aromatic N) is 2. The molecule has 5 nitrogen and oxygen atoms in total. The third-order valence-electron chi connectivity index (χ3n) is 4.06. The summed E-state index contributed by atoms with van der Waals surface area (Å²) in [5.41, 5.74) is 7.32. The van der Waals surface area contributed by atoms with Crippen molar-refractivity contribution in [3.63, 3.8) is 0 Å². The van der Waals surface area contributed by atoms with Crippen LogP contribution in [0.4, 0.5) is 14.5 Å². The number of anilines is 1. The van der Waals surface area contributed by atoms with Crippen molar-refractivity contribution in [1.82, 2.24) is 15.1 Å². The van der Waals surface area contributed by atoms with Crippen molar-refractivity contribution < 1.29 is 13.6 Å². The van der Waals surface area contributed by atoms with Gasteiger partial charge < -0.3 is 10.6 Å². The summed E-state index contributed by atoms with van der Waals surface area (Å²) in [6, 6.07) is 2.01.